The van der Waals surface area contributed by atoms with Crippen molar-refractivity contribution in [1.29, 1.82) is 0 Å². The molecule has 100 valence electrons. The van der Waals surface area contributed by atoms with Crippen LogP contribution >= 0.6 is 11.8 Å². The molecule has 0 aliphatic carbocycles. The lowest BCUT2D eigenvalue weighted by Gasteiger charge is -2.18. The van der Waals surface area contributed by atoms with Crippen molar-refractivity contribution in [3.05, 3.63) is 17.7 Å². The molecule has 6 heteroatoms. The summed E-state index contributed by atoms with van der Waals surface area (Å²) in [6, 6.07) is 2.95. The van der Waals surface area contributed by atoms with Gasteiger partial charge >= 0.3 is 5.97 Å². The topological polar surface area (TPSA) is 81.8 Å². The van der Waals surface area contributed by atoms with Crippen LogP contribution in [0.2, 0.25) is 0 Å². The molecule has 0 aliphatic heterocycles. The fraction of sp³-hybridized carbons (Fsp3) is 0.417. The summed E-state index contributed by atoms with van der Waals surface area (Å²) >= 11 is 1.45. The van der Waals surface area contributed by atoms with Gasteiger partial charge in [0.25, 0.3) is 0 Å². The lowest BCUT2D eigenvalue weighted by molar-refractivity contribution is -0.137. The molecular formula is C12H17NO4S. The molecule has 1 unspecified atom stereocenters. The van der Waals surface area contributed by atoms with Gasteiger partial charge in [-0.3, -0.25) is 4.79 Å². The van der Waals surface area contributed by atoms with Crippen molar-refractivity contribution in [3.8, 4) is 11.5 Å². The molecule has 0 aromatic heterocycles. The van der Waals surface area contributed by atoms with Crippen LogP contribution in [-0.2, 0) is 4.79 Å². The van der Waals surface area contributed by atoms with Gasteiger partial charge in [0.2, 0.25) is 0 Å². The monoisotopic (exact) mass is 271 g/mol. The molecule has 1 atom stereocenters. The molecule has 0 radical (unpaired) electrons. The minimum atomic E-state index is -0.927. The molecule has 1 aromatic rings. The molecular weight excluding hydrogens is 254 g/mol. The summed E-state index contributed by atoms with van der Waals surface area (Å²) in [6.07, 6.45) is 1.76. The second-order valence-electron chi connectivity index (χ2n) is 3.63. The maximum Gasteiger partial charge on any atom is 0.305 e. The van der Waals surface area contributed by atoms with Gasteiger partial charge in [-0.1, -0.05) is 6.07 Å². The zero-order chi connectivity index (χ0) is 13.7. The molecule has 18 heavy (non-hydrogen) atoms. The Hall–Kier alpha value is -1.40. The van der Waals surface area contributed by atoms with E-state index in [-0.39, 0.29) is 6.42 Å². The van der Waals surface area contributed by atoms with Gasteiger partial charge in [-0.2, -0.15) is 0 Å². The number of carboxylic acids is 1. The largest absolute Gasteiger partial charge is 0.493 e. The Kier molecular flexibility index (Phi) is 5.30. The van der Waals surface area contributed by atoms with E-state index in [1.54, 1.807) is 26.4 Å². The van der Waals surface area contributed by atoms with Gasteiger partial charge in [-0.05, 0) is 17.9 Å². The van der Waals surface area contributed by atoms with Crippen molar-refractivity contribution in [2.24, 2.45) is 5.73 Å². The van der Waals surface area contributed by atoms with Gasteiger partial charge in [0.05, 0.1) is 25.5 Å². The van der Waals surface area contributed by atoms with Crippen LogP contribution in [0.1, 0.15) is 18.0 Å². The number of ether oxygens (including phenoxy) is 2. The quantitative estimate of drug-likeness (QED) is 0.769. The van der Waals surface area contributed by atoms with Crippen molar-refractivity contribution in [3.63, 3.8) is 0 Å². The second-order valence-corrected chi connectivity index (χ2v) is 4.44. The summed E-state index contributed by atoms with van der Waals surface area (Å²) in [5, 5.41) is 8.79. The first-order chi connectivity index (χ1) is 8.54. The Morgan fingerprint density at radius 1 is 1.44 bits per heavy atom. The lowest BCUT2D eigenvalue weighted by Crippen LogP contribution is -2.16. The van der Waals surface area contributed by atoms with Gasteiger partial charge in [-0.15, -0.1) is 11.8 Å². The standard InChI is InChI=1S/C12H17NO4S/c1-16-9-5-4-7(8(13)6-10(14)15)12(18-3)11(9)17-2/h4-5,8H,6,13H2,1-3H3,(H,14,15). The summed E-state index contributed by atoms with van der Waals surface area (Å²) in [4.78, 5) is 11.5. The Morgan fingerprint density at radius 3 is 2.56 bits per heavy atom. The van der Waals surface area contributed by atoms with Crippen molar-refractivity contribution in [2.75, 3.05) is 20.5 Å². The van der Waals surface area contributed by atoms with Crippen molar-refractivity contribution >= 4 is 17.7 Å². The van der Waals surface area contributed by atoms with Gasteiger partial charge in [0.15, 0.2) is 11.5 Å². The molecule has 0 aliphatic rings. The van der Waals surface area contributed by atoms with Crippen molar-refractivity contribution in [1.82, 2.24) is 0 Å². The van der Waals surface area contributed by atoms with Gasteiger partial charge in [0.1, 0.15) is 0 Å². The van der Waals surface area contributed by atoms with E-state index in [4.69, 9.17) is 20.3 Å². The summed E-state index contributed by atoms with van der Waals surface area (Å²) in [6.45, 7) is 0. The Morgan fingerprint density at radius 2 is 2.11 bits per heavy atom. The SMILES string of the molecule is COc1ccc(C(N)CC(=O)O)c(SC)c1OC. The molecule has 0 heterocycles. The van der Waals surface area contributed by atoms with Crippen LogP contribution in [0.3, 0.4) is 0 Å². The highest BCUT2D eigenvalue weighted by Gasteiger charge is 2.20. The molecule has 1 aromatic carbocycles. The van der Waals surface area contributed by atoms with Gasteiger partial charge in [-0.25, -0.2) is 0 Å². The zero-order valence-electron chi connectivity index (χ0n) is 10.6. The number of hydrogen-bond donors (Lipinski definition) is 2. The highest BCUT2D eigenvalue weighted by atomic mass is 32.2. The van der Waals surface area contributed by atoms with Crippen LogP contribution in [0.4, 0.5) is 0 Å². The van der Waals surface area contributed by atoms with Crippen molar-refractivity contribution < 1.29 is 19.4 Å². The molecule has 0 fully saturated rings. The lowest BCUT2D eigenvalue weighted by atomic mass is 10.0. The van der Waals surface area contributed by atoms with Crippen LogP contribution in [0.15, 0.2) is 17.0 Å². The summed E-state index contributed by atoms with van der Waals surface area (Å²) in [5.74, 6) is 0.265. The molecule has 1 rings (SSSR count). The van der Waals surface area contributed by atoms with Crippen LogP contribution in [-0.4, -0.2) is 31.6 Å². The van der Waals surface area contributed by atoms with Gasteiger partial charge in [0, 0.05) is 6.04 Å². The smallest absolute Gasteiger partial charge is 0.305 e. The number of aliphatic carboxylic acids is 1. The molecule has 0 saturated carbocycles. The normalized spacial score (nSPS) is 12.0. The Labute approximate surface area is 110 Å². The summed E-state index contributed by atoms with van der Waals surface area (Å²) < 4.78 is 10.5. The van der Waals surface area contributed by atoms with E-state index in [1.807, 2.05) is 6.26 Å². The number of rotatable bonds is 6. The molecule has 0 saturated heterocycles. The highest BCUT2D eigenvalue weighted by Crippen LogP contribution is 2.41. The number of carbonyl (C=O) groups is 1. The highest BCUT2D eigenvalue weighted by molar-refractivity contribution is 7.98. The van der Waals surface area contributed by atoms with Crippen LogP contribution in [0.25, 0.3) is 0 Å². The fourth-order valence-electron chi connectivity index (χ4n) is 1.71. The van der Waals surface area contributed by atoms with E-state index in [2.05, 4.69) is 0 Å². The predicted molar refractivity (Wildman–Crippen MR) is 70.5 cm³/mol. The Balaban J connectivity index is 3.23. The van der Waals surface area contributed by atoms with Crippen molar-refractivity contribution in [2.45, 2.75) is 17.4 Å². The first-order valence-electron chi connectivity index (χ1n) is 5.31. The first-order valence-corrected chi connectivity index (χ1v) is 6.53. The third-order valence-corrected chi connectivity index (χ3v) is 3.36. The summed E-state index contributed by atoms with van der Waals surface area (Å²) in [5.41, 5.74) is 6.65. The number of methoxy groups -OCH3 is 2. The van der Waals surface area contributed by atoms with E-state index in [0.29, 0.717) is 11.5 Å². The average molecular weight is 271 g/mol. The maximum absolute atomic E-state index is 10.7. The second kappa shape index (κ2) is 6.51. The van der Waals surface area contributed by atoms with Crippen LogP contribution < -0.4 is 15.2 Å². The van der Waals surface area contributed by atoms with E-state index >= 15 is 0 Å². The molecule has 3 N–H and O–H groups in total. The number of carboxylic acid groups (broad SMARTS) is 1. The van der Waals surface area contributed by atoms with Gasteiger partial charge < -0.3 is 20.3 Å². The number of benzene rings is 1. The number of nitrogens with two attached hydrogens (primary N) is 1. The minimum absolute atomic E-state index is 0.122. The molecule has 5 nitrogen and oxygen atoms in total. The maximum atomic E-state index is 10.7. The van der Waals surface area contributed by atoms with Crippen LogP contribution in [0, 0.1) is 0 Å². The molecule has 0 amide bonds. The third kappa shape index (κ3) is 3.08. The number of thioether (sulfide) groups is 1. The van der Waals surface area contributed by atoms with E-state index in [9.17, 15) is 4.79 Å². The van der Waals surface area contributed by atoms with Crippen LogP contribution in [0.5, 0.6) is 11.5 Å². The third-order valence-electron chi connectivity index (χ3n) is 2.53. The van der Waals surface area contributed by atoms with E-state index < -0.39 is 12.0 Å². The molecule has 0 spiro atoms. The summed E-state index contributed by atoms with van der Waals surface area (Å²) in [7, 11) is 3.10. The minimum Gasteiger partial charge on any atom is -0.493 e. The predicted octanol–water partition coefficient (Wildman–Crippen LogP) is 1.90. The van der Waals surface area contributed by atoms with E-state index in [1.165, 1.54) is 11.8 Å². The average Bonchev–Trinajstić information content (AvgIpc) is 2.35. The first kappa shape index (κ1) is 14.7. The number of hydrogen-bond acceptors (Lipinski definition) is 5. The fourth-order valence-corrected chi connectivity index (χ4v) is 2.54. The zero-order valence-corrected chi connectivity index (χ0v) is 11.4. The van der Waals surface area contributed by atoms with E-state index in [0.717, 1.165) is 10.5 Å². The Bertz CT molecular complexity index is 436. The molecule has 0 bridgehead atoms.